The van der Waals surface area contributed by atoms with Crippen LogP contribution >= 0.6 is 0 Å². The monoisotopic (exact) mass is 358 g/mol. The highest BCUT2D eigenvalue weighted by molar-refractivity contribution is 5.86. The molecule has 0 saturated heterocycles. The lowest BCUT2D eigenvalue weighted by atomic mass is 10.1. The average Bonchev–Trinajstić information content (AvgIpc) is 2.59. The van der Waals surface area contributed by atoms with E-state index in [1.165, 1.54) is 25.7 Å². The molecule has 0 unspecified atom stereocenters. The third-order valence-electron chi connectivity index (χ3n) is 3.41. The van der Waals surface area contributed by atoms with Gasteiger partial charge in [-0.1, -0.05) is 45.6 Å². The van der Waals surface area contributed by atoms with E-state index < -0.39 is 5.97 Å². The number of carbonyl (C=O) groups excluding carboxylic acids is 2. The minimum atomic E-state index is -0.414. The van der Waals surface area contributed by atoms with Crippen molar-refractivity contribution in [3.8, 4) is 0 Å². The van der Waals surface area contributed by atoms with Gasteiger partial charge in [-0.2, -0.15) is 0 Å². The Bertz CT molecular complexity index is 367. The van der Waals surface area contributed by atoms with Gasteiger partial charge >= 0.3 is 11.9 Å². The molecule has 0 aliphatic heterocycles. The summed E-state index contributed by atoms with van der Waals surface area (Å²) in [5.41, 5.74) is 0.370. The number of hydrogen-bond donors (Lipinski definition) is 0. The maximum atomic E-state index is 11.5. The molecular weight excluding hydrogens is 324 g/mol. The first-order chi connectivity index (χ1) is 12.1. The standard InChI is InChI=1S/C19H34O6/c1-4-5-6-7-8-9-10-18(20)24-15-13-22-11-12-23-14-16-25-19(21)17(2)3/h2,4-16H2,1,3H3. The SMILES string of the molecule is C=C(C)C(=O)OCCOCCOCCOC(=O)CCCCCCCC. The summed E-state index contributed by atoms with van der Waals surface area (Å²) < 4.78 is 20.5. The predicted octanol–water partition coefficient (Wildman–Crippen LogP) is 3.43. The summed E-state index contributed by atoms with van der Waals surface area (Å²) in [4.78, 5) is 22.6. The minimum absolute atomic E-state index is 0.158. The van der Waals surface area contributed by atoms with Crippen LogP contribution < -0.4 is 0 Å². The van der Waals surface area contributed by atoms with Gasteiger partial charge in [0.15, 0.2) is 0 Å². The van der Waals surface area contributed by atoms with Gasteiger partial charge in [0, 0.05) is 12.0 Å². The van der Waals surface area contributed by atoms with Crippen LogP contribution in [0.25, 0.3) is 0 Å². The van der Waals surface area contributed by atoms with Crippen LogP contribution in [0.5, 0.6) is 0 Å². The van der Waals surface area contributed by atoms with Crippen LogP contribution in [0.2, 0.25) is 0 Å². The van der Waals surface area contributed by atoms with Crippen molar-refractivity contribution in [1.82, 2.24) is 0 Å². The Labute approximate surface area is 151 Å². The molecule has 6 nitrogen and oxygen atoms in total. The molecule has 0 amide bonds. The van der Waals surface area contributed by atoms with Gasteiger partial charge in [0.25, 0.3) is 0 Å². The average molecular weight is 358 g/mol. The second-order valence-corrected chi connectivity index (χ2v) is 5.88. The second-order valence-electron chi connectivity index (χ2n) is 5.88. The summed E-state index contributed by atoms with van der Waals surface area (Å²) in [7, 11) is 0. The van der Waals surface area contributed by atoms with Crippen LogP contribution in [-0.2, 0) is 28.5 Å². The van der Waals surface area contributed by atoms with Gasteiger partial charge in [-0.25, -0.2) is 4.79 Å². The van der Waals surface area contributed by atoms with Crippen LogP contribution in [-0.4, -0.2) is 51.6 Å². The molecule has 0 aromatic heterocycles. The summed E-state index contributed by atoms with van der Waals surface area (Å²) in [5, 5.41) is 0. The van der Waals surface area contributed by atoms with Crippen molar-refractivity contribution < 1.29 is 28.5 Å². The van der Waals surface area contributed by atoms with E-state index >= 15 is 0 Å². The fourth-order valence-electron chi connectivity index (χ4n) is 1.97. The highest BCUT2D eigenvalue weighted by atomic mass is 16.6. The molecule has 0 aliphatic rings. The van der Waals surface area contributed by atoms with Crippen LogP contribution in [0.1, 0.15) is 58.8 Å². The zero-order valence-electron chi connectivity index (χ0n) is 15.8. The Morgan fingerprint density at radius 1 is 0.760 bits per heavy atom. The molecule has 0 bridgehead atoms. The first kappa shape index (κ1) is 23.6. The maximum Gasteiger partial charge on any atom is 0.333 e. The lowest BCUT2D eigenvalue weighted by Gasteiger charge is -2.07. The van der Waals surface area contributed by atoms with Crippen LogP contribution in [0.4, 0.5) is 0 Å². The number of ether oxygens (including phenoxy) is 4. The molecule has 0 aliphatic carbocycles. The number of rotatable bonds is 17. The molecule has 6 heteroatoms. The van der Waals surface area contributed by atoms with Crippen molar-refractivity contribution in [2.45, 2.75) is 58.8 Å². The van der Waals surface area contributed by atoms with Crippen LogP contribution in [0.3, 0.4) is 0 Å². The molecule has 0 fully saturated rings. The molecule has 0 heterocycles. The van der Waals surface area contributed by atoms with E-state index in [0.29, 0.717) is 38.4 Å². The number of carbonyl (C=O) groups is 2. The van der Waals surface area contributed by atoms with Crippen molar-refractivity contribution in [2.24, 2.45) is 0 Å². The van der Waals surface area contributed by atoms with E-state index in [9.17, 15) is 9.59 Å². The molecule has 0 spiro atoms. The minimum Gasteiger partial charge on any atom is -0.463 e. The van der Waals surface area contributed by atoms with E-state index in [-0.39, 0.29) is 19.2 Å². The first-order valence-electron chi connectivity index (χ1n) is 9.21. The Morgan fingerprint density at radius 3 is 1.88 bits per heavy atom. The van der Waals surface area contributed by atoms with E-state index in [4.69, 9.17) is 18.9 Å². The van der Waals surface area contributed by atoms with Crippen molar-refractivity contribution in [1.29, 1.82) is 0 Å². The number of esters is 2. The predicted molar refractivity (Wildman–Crippen MR) is 96.4 cm³/mol. The fraction of sp³-hybridized carbons (Fsp3) is 0.789. The van der Waals surface area contributed by atoms with E-state index in [0.717, 1.165) is 12.8 Å². The summed E-state index contributed by atoms with van der Waals surface area (Å²) in [6, 6.07) is 0. The third kappa shape index (κ3) is 17.2. The molecule has 146 valence electrons. The normalized spacial score (nSPS) is 10.5. The molecule has 0 rings (SSSR count). The highest BCUT2D eigenvalue weighted by Gasteiger charge is 2.03. The highest BCUT2D eigenvalue weighted by Crippen LogP contribution is 2.07. The Kier molecular flexibility index (Phi) is 16.4. The number of hydrogen-bond acceptors (Lipinski definition) is 6. The van der Waals surface area contributed by atoms with E-state index in [1.54, 1.807) is 6.92 Å². The second kappa shape index (κ2) is 17.4. The van der Waals surface area contributed by atoms with E-state index in [2.05, 4.69) is 13.5 Å². The Hall–Kier alpha value is -1.40. The molecule has 25 heavy (non-hydrogen) atoms. The lowest BCUT2D eigenvalue weighted by Crippen LogP contribution is -2.15. The zero-order chi connectivity index (χ0) is 18.8. The maximum absolute atomic E-state index is 11.5. The topological polar surface area (TPSA) is 71.1 Å². The smallest absolute Gasteiger partial charge is 0.333 e. The first-order valence-corrected chi connectivity index (χ1v) is 9.21. The van der Waals surface area contributed by atoms with Crippen molar-refractivity contribution in [2.75, 3.05) is 39.6 Å². The van der Waals surface area contributed by atoms with Gasteiger partial charge in [-0.3, -0.25) is 4.79 Å². The molecule has 0 aromatic rings. The van der Waals surface area contributed by atoms with Crippen molar-refractivity contribution in [3.05, 3.63) is 12.2 Å². The third-order valence-corrected chi connectivity index (χ3v) is 3.41. The Morgan fingerprint density at radius 2 is 1.28 bits per heavy atom. The van der Waals surface area contributed by atoms with Gasteiger partial charge < -0.3 is 18.9 Å². The van der Waals surface area contributed by atoms with Crippen molar-refractivity contribution in [3.63, 3.8) is 0 Å². The van der Waals surface area contributed by atoms with Gasteiger partial charge in [0.2, 0.25) is 0 Å². The summed E-state index contributed by atoms with van der Waals surface area (Å²) in [5.74, 6) is -0.572. The van der Waals surface area contributed by atoms with Crippen LogP contribution in [0, 0.1) is 0 Å². The van der Waals surface area contributed by atoms with Crippen LogP contribution in [0.15, 0.2) is 12.2 Å². The summed E-state index contributed by atoms with van der Waals surface area (Å²) >= 11 is 0. The van der Waals surface area contributed by atoms with Gasteiger partial charge in [-0.05, 0) is 13.3 Å². The molecule has 0 N–H and O–H groups in total. The molecule has 0 atom stereocenters. The summed E-state index contributed by atoms with van der Waals surface area (Å²) in [6.45, 7) is 9.21. The van der Waals surface area contributed by atoms with Gasteiger partial charge in [0.1, 0.15) is 13.2 Å². The van der Waals surface area contributed by atoms with Gasteiger partial charge in [-0.15, -0.1) is 0 Å². The summed E-state index contributed by atoms with van der Waals surface area (Å²) in [6.07, 6.45) is 7.41. The largest absolute Gasteiger partial charge is 0.463 e. The van der Waals surface area contributed by atoms with Crippen molar-refractivity contribution >= 4 is 11.9 Å². The number of unbranched alkanes of at least 4 members (excludes halogenated alkanes) is 5. The lowest BCUT2D eigenvalue weighted by molar-refractivity contribution is -0.146. The Balaban J connectivity index is 3.23. The molecule has 0 radical (unpaired) electrons. The molecule has 0 aromatic carbocycles. The van der Waals surface area contributed by atoms with E-state index in [1.807, 2.05) is 0 Å². The zero-order valence-corrected chi connectivity index (χ0v) is 15.8. The van der Waals surface area contributed by atoms with Gasteiger partial charge in [0.05, 0.1) is 26.4 Å². The fourth-order valence-corrected chi connectivity index (χ4v) is 1.97. The molecule has 0 saturated carbocycles. The quantitative estimate of drug-likeness (QED) is 0.225. The molecular formula is C19H34O6.